The Balaban J connectivity index is 1.83. The maximum absolute atomic E-state index is 11.8. The maximum Gasteiger partial charge on any atom is 0.225 e. The van der Waals surface area contributed by atoms with Crippen LogP contribution in [-0.2, 0) is 16.1 Å². The number of nitrogen functional groups attached to an aromatic ring is 1. The van der Waals surface area contributed by atoms with Gasteiger partial charge in [0.25, 0.3) is 0 Å². The van der Waals surface area contributed by atoms with Gasteiger partial charge in [0.1, 0.15) is 0 Å². The van der Waals surface area contributed by atoms with Gasteiger partial charge in [0.05, 0.1) is 12.5 Å². The molecule has 4 nitrogen and oxygen atoms in total. The van der Waals surface area contributed by atoms with Crippen LogP contribution >= 0.6 is 0 Å². The second kappa shape index (κ2) is 5.68. The number of benzene rings is 1. The SMILES string of the molecule is Nc1cccc(CNC(=O)C2CCCOC2)c1. The number of anilines is 1. The first-order valence-electron chi connectivity index (χ1n) is 5.95. The van der Waals surface area contributed by atoms with E-state index in [0.29, 0.717) is 13.2 Å². The van der Waals surface area contributed by atoms with Gasteiger partial charge < -0.3 is 15.8 Å². The van der Waals surface area contributed by atoms with E-state index in [1.54, 1.807) is 0 Å². The van der Waals surface area contributed by atoms with Crippen molar-refractivity contribution in [3.8, 4) is 0 Å². The average molecular weight is 234 g/mol. The molecule has 17 heavy (non-hydrogen) atoms. The molecule has 1 fully saturated rings. The van der Waals surface area contributed by atoms with Crippen molar-refractivity contribution >= 4 is 11.6 Å². The summed E-state index contributed by atoms with van der Waals surface area (Å²) in [5, 5.41) is 2.92. The van der Waals surface area contributed by atoms with E-state index in [4.69, 9.17) is 10.5 Å². The van der Waals surface area contributed by atoms with Crippen molar-refractivity contribution in [2.24, 2.45) is 5.92 Å². The highest BCUT2D eigenvalue weighted by Gasteiger charge is 2.21. The second-order valence-electron chi connectivity index (χ2n) is 4.38. The van der Waals surface area contributed by atoms with Crippen LogP contribution in [0.5, 0.6) is 0 Å². The predicted octanol–water partition coefficient (Wildman–Crippen LogP) is 1.31. The number of amides is 1. The maximum atomic E-state index is 11.8. The normalized spacial score (nSPS) is 19.9. The van der Waals surface area contributed by atoms with E-state index in [9.17, 15) is 4.79 Å². The Bertz CT molecular complexity index is 387. The molecule has 0 aliphatic carbocycles. The lowest BCUT2D eigenvalue weighted by atomic mass is 10.0. The number of rotatable bonds is 3. The van der Waals surface area contributed by atoms with Gasteiger partial charge in [-0.25, -0.2) is 0 Å². The summed E-state index contributed by atoms with van der Waals surface area (Å²) in [5.41, 5.74) is 7.42. The van der Waals surface area contributed by atoms with Crippen LogP contribution in [0.1, 0.15) is 18.4 Å². The Morgan fingerprint density at radius 3 is 3.12 bits per heavy atom. The van der Waals surface area contributed by atoms with E-state index < -0.39 is 0 Å². The highest BCUT2D eigenvalue weighted by Crippen LogP contribution is 2.14. The summed E-state index contributed by atoms with van der Waals surface area (Å²) in [7, 11) is 0. The van der Waals surface area contributed by atoms with Crippen molar-refractivity contribution < 1.29 is 9.53 Å². The summed E-state index contributed by atoms with van der Waals surface area (Å²) in [6, 6.07) is 7.55. The molecule has 4 heteroatoms. The number of nitrogens with one attached hydrogen (secondary N) is 1. The van der Waals surface area contributed by atoms with Gasteiger partial charge in [-0.15, -0.1) is 0 Å². The molecular formula is C13H18N2O2. The van der Waals surface area contributed by atoms with E-state index in [2.05, 4.69) is 5.32 Å². The molecular weight excluding hydrogens is 216 g/mol. The number of ether oxygens (including phenoxy) is 1. The minimum absolute atomic E-state index is 0.00445. The van der Waals surface area contributed by atoms with Gasteiger partial charge in [-0.05, 0) is 30.5 Å². The molecule has 1 aromatic carbocycles. The zero-order valence-corrected chi connectivity index (χ0v) is 9.82. The van der Waals surface area contributed by atoms with Gasteiger partial charge in [0, 0.05) is 18.8 Å². The number of hydrogen-bond acceptors (Lipinski definition) is 3. The van der Waals surface area contributed by atoms with Crippen LogP contribution in [0.3, 0.4) is 0 Å². The van der Waals surface area contributed by atoms with Gasteiger partial charge in [-0.1, -0.05) is 12.1 Å². The minimum atomic E-state index is 0.00445. The molecule has 0 radical (unpaired) electrons. The molecule has 3 N–H and O–H groups in total. The van der Waals surface area contributed by atoms with Crippen LogP contribution in [0.25, 0.3) is 0 Å². The molecule has 1 unspecified atom stereocenters. The van der Waals surface area contributed by atoms with Crippen molar-refractivity contribution in [2.75, 3.05) is 18.9 Å². The van der Waals surface area contributed by atoms with Gasteiger partial charge in [0.15, 0.2) is 0 Å². The van der Waals surface area contributed by atoms with Crippen molar-refractivity contribution in [2.45, 2.75) is 19.4 Å². The van der Waals surface area contributed by atoms with Gasteiger partial charge >= 0.3 is 0 Å². The topological polar surface area (TPSA) is 64.3 Å². The summed E-state index contributed by atoms with van der Waals surface area (Å²) in [6.07, 6.45) is 1.89. The zero-order valence-electron chi connectivity index (χ0n) is 9.82. The lowest BCUT2D eigenvalue weighted by Gasteiger charge is -2.21. The fraction of sp³-hybridized carbons (Fsp3) is 0.462. The summed E-state index contributed by atoms with van der Waals surface area (Å²) in [6.45, 7) is 1.85. The molecule has 1 amide bonds. The second-order valence-corrected chi connectivity index (χ2v) is 4.38. The lowest BCUT2D eigenvalue weighted by molar-refractivity contribution is -0.129. The van der Waals surface area contributed by atoms with Gasteiger partial charge in [-0.3, -0.25) is 4.79 Å². The van der Waals surface area contributed by atoms with Crippen LogP contribution in [-0.4, -0.2) is 19.1 Å². The van der Waals surface area contributed by atoms with E-state index in [1.165, 1.54) is 0 Å². The molecule has 1 aromatic rings. The third-order valence-electron chi connectivity index (χ3n) is 2.95. The van der Waals surface area contributed by atoms with Crippen molar-refractivity contribution in [1.29, 1.82) is 0 Å². The smallest absolute Gasteiger partial charge is 0.225 e. The van der Waals surface area contributed by atoms with Crippen LogP contribution in [0, 0.1) is 5.92 Å². The van der Waals surface area contributed by atoms with Crippen LogP contribution in [0.15, 0.2) is 24.3 Å². The van der Waals surface area contributed by atoms with E-state index in [0.717, 1.165) is 30.7 Å². The molecule has 1 aliphatic heterocycles. The molecule has 0 spiro atoms. The molecule has 1 aliphatic rings. The largest absolute Gasteiger partial charge is 0.399 e. The number of nitrogens with two attached hydrogens (primary N) is 1. The van der Waals surface area contributed by atoms with E-state index >= 15 is 0 Å². The molecule has 1 heterocycles. The molecule has 92 valence electrons. The molecule has 0 saturated carbocycles. The fourth-order valence-electron chi connectivity index (χ4n) is 1.98. The third-order valence-corrected chi connectivity index (χ3v) is 2.95. The summed E-state index contributed by atoms with van der Waals surface area (Å²) in [4.78, 5) is 11.8. The highest BCUT2D eigenvalue weighted by atomic mass is 16.5. The van der Waals surface area contributed by atoms with Crippen LogP contribution < -0.4 is 11.1 Å². The molecule has 2 rings (SSSR count). The summed E-state index contributed by atoms with van der Waals surface area (Å²) >= 11 is 0. The zero-order chi connectivity index (χ0) is 12.1. The Labute approximate surface area is 101 Å². The molecule has 1 saturated heterocycles. The Morgan fingerprint density at radius 2 is 2.41 bits per heavy atom. The van der Waals surface area contributed by atoms with Crippen molar-refractivity contribution in [1.82, 2.24) is 5.32 Å². The quantitative estimate of drug-likeness (QED) is 0.775. The first-order chi connectivity index (χ1) is 8.25. The van der Waals surface area contributed by atoms with Crippen molar-refractivity contribution in [3.05, 3.63) is 29.8 Å². The van der Waals surface area contributed by atoms with Crippen LogP contribution in [0.4, 0.5) is 5.69 Å². The number of hydrogen-bond donors (Lipinski definition) is 2. The first kappa shape index (κ1) is 11.9. The van der Waals surface area contributed by atoms with Gasteiger partial charge in [0.2, 0.25) is 5.91 Å². The molecule has 0 aromatic heterocycles. The Kier molecular flexibility index (Phi) is 3.98. The average Bonchev–Trinajstić information content (AvgIpc) is 2.37. The van der Waals surface area contributed by atoms with Crippen LogP contribution in [0.2, 0.25) is 0 Å². The fourth-order valence-corrected chi connectivity index (χ4v) is 1.98. The third kappa shape index (κ3) is 3.46. The molecule has 0 bridgehead atoms. The summed E-state index contributed by atoms with van der Waals surface area (Å²) in [5.74, 6) is 0.0805. The minimum Gasteiger partial charge on any atom is -0.399 e. The highest BCUT2D eigenvalue weighted by molar-refractivity contribution is 5.78. The van der Waals surface area contributed by atoms with E-state index in [1.807, 2.05) is 24.3 Å². The van der Waals surface area contributed by atoms with Gasteiger partial charge in [-0.2, -0.15) is 0 Å². The van der Waals surface area contributed by atoms with E-state index in [-0.39, 0.29) is 11.8 Å². The lowest BCUT2D eigenvalue weighted by Crippen LogP contribution is -2.35. The monoisotopic (exact) mass is 234 g/mol. The Morgan fingerprint density at radius 1 is 1.53 bits per heavy atom. The number of carbonyl (C=O) groups is 1. The summed E-state index contributed by atoms with van der Waals surface area (Å²) < 4.78 is 5.29. The number of carbonyl (C=O) groups excluding carboxylic acids is 1. The first-order valence-corrected chi connectivity index (χ1v) is 5.95. The standard InChI is InChI=1S/C13H18N2O2/c14-12-5-1-3-10(7-12)8-15-13(16)11-4-2-6-17-9-11/h1,3,5,7,11H,2,4,6,8-9,14H2,(H,15,16). The van der Waals surface area contributed by atoms with Crippen molar-refractivity contribution in [3.63, 3.8) is 0 Å². The predicted molar refractivity (Wildman–Crippen MR) is 66.2 cm³/mol. The molecule has 1 atom stereocenters. The Hall–Kier alpha value is -1.55.